The third-order valence-electron chi connectivity index (χ3n) is 6.45. The van der Waals surface area contributed by atoms with Gasteiger partial charge in [-0.1, -0.05) is 31.9 Å². The Kier molecular flexibility index (Phi) is 6.48. The van der Waals surface area contributed by atoms with Crippen molar-refractivity contribution in [1.82, 2.24) is 9.21 Å². The Morgan fingerprint density at radius 2 is 2.18 bits per heavy atom. The maximum absolute atomic E-state index is 12.6. The van der Waals surface area contributed by atoms with Crippen molar-refractivity contribution in [3.8, 4) is 11.5 Å². The summed E-state index contributed by atoms with van der Waals surface area (Å²) in [5.41, 5.74) is 1.31. The van der Waals surface area contributed by atoms with E-state index in [1.807, 2.05) is 18.0 Å². The molecule has 2 fully saturated rings. The molecule has 0 saturated carbocycles. The lowest BCUT2D eigenvalue weighted by Gasteiger charge is -2.26. The molecule has 0 radical (unpaired) electrons. The highest BCUT2D eigenvalue weighted by Crippen LogP contribution is 2.39. The third-order valence-corrected chi connectivity index (χ3v) is 7.66. The molecular formula is C22H32N2O3S. The quantitative estimate of drug-likeness (QED) is 0.612. The van der Waals surface area contributed by atoms with Crippen LogP contribution < -0.4 is 9.47 Å². The van der Waals surface area contributed by atoms with Gasteiger partial charge in [0.1, 0.15) is 5.78 Å². The van der Waals surface area contributed by atoms with Gasteiger partial charge in [-0.15, -0.1) is 0 Å². The van der Waals surface area contributed by atoms with Crippen LogP contribution in [0.4, 0.5) is 0 Å². The van der Waals surface area contributed by atoms with E-state index in [2.05, 4.69) is 35.2 Å². The highest BCUT2D eigenvalue weighted by Gasteiger charge is 2.35. The lowest BCUT2D eigenvalue weighted by atomic mass is 9.95. The maximum Gasteiger partial charge on any atom is 0.231 e. The van der Waals surface area contributed by atoms with Crippen molar-refractivity contribution in [2.75, 3.05) is 38.7 Å². The SMILES string of the molecule is CCC(C)C(=O)CN1CC(c2ccc3c(c2)OCO3)CC1CCN1CCCS1. The number of benzene rings is 1. The summed E-state index contributed by atoms with van der Waals surface area (Å²) in [6, 6.07) is 6.82. The number of rotatable bonds is 8. The van der Waals surface area contributed by atoms with Crippen molar-refractivity contribution in [3.05, 3.63) is 23.8 Å². The van der Waals surface area contributed by atoms with E-state index in [-0.39, 0.29) is 5.92 Å². The Hall–Kier alpha value is -1.24. The van der Waals surface area contributed by atoms with Crippen molar-refractivity contribution in [2.24, 2.45) is 5.92 Å². The average molecular weight is 405 g/mol. The molecule has 5 nitrogen and oxygen atoms in total. The zero-order valence-electron chi connectivity index (χ0n) is 17.1. The van der Waals surface area contributed by atoms with E-state index in [1.165, 1.54) is 24.3 Å². The third kappa shape index (κ3) is 4.50. The van der Waals surface area contributed by atoms with Crippen LogP contribution in [0.1, 0.15) is 51.0 Å². The second-order valence-corrected chi connectivity index (χ2v) is 9.49. The van der Waals surface area contributed by atoms with Crippen molar-refractivity contribution < 1.29 is 14.3 Å². The second kappa shape index (κ2) is 9.06. The van der Waals surface area contributed by atoms with E-state index >= 15 is 0 Å². The monoisotopic (exact) mass is 404 g/mol. The standard InChI is InChI=1S/C22H32N2O3S/c1-3-16(2)20(25)14-23-13-18(11-19(23)7-9-24-8-4-10-28-24)17-5-6-21-22(12-17)27-15-26-21/h5-6,12,16,18-19H,3-4,7-11,13-15H2,1-2H3. The van der Waals surface area contributed by atoms with Crippen LogP contribution >= 0.6 is 11.9 Å². The minimum absolute atomic E-state index is 0.152. The number of carbonyl (C=O) groups is 1. The van der Waals surface area contributed by atoms with Crippen LogP contribution in [-0.4, -0.2) is 59.8 Å². The van der Waals surface area contributed by atoms with E-state index in [1.54, 1.807) is 0 Å². The summed E-state index contributed by atoms with van der Waals surface area (Å²) in [6.45, 7) is 8.35. The van der Waals surface area contributed by atoms with Gasteiger partial charge in [0.25, 0.3) is 0 Å². The molecule has 1 aromatic rings. The number of nitrogens with zero attached hydrogens (tertiary/aromatic N) is 2. The molecule has 154 valence electrons. The molecule has 4 rings (SSSR count). The summed E-state index contributed by atoms with van der Waals surface area (Å²) in [4.78, 5) is 15.1. The van der Waals surface area contributed by atoms with E-state index in [9.17, 15) is 4.79 Å². The Labute approximate surface area is 172 Å². The summed E-state index contributed by atoms with van der Waals surface area (Å²) in [7, 11) is 0. The van der Waals surface area contributed by atoms with Crippen LogP contribution in [0.15, 0.2) is 18.2 Å². The molecule has 0 bridgehead atoms. The first-order chi connectivity index (χ1) is 13.6. The molecule has 3 atom stereocenters. The van der Waals surface area contributed by atoms with Crippen LogP contribution in [0.25, 0.3) is 0 Å². The van der Waals surface area contributed by atoms with Gasteiger partial charge in [-0.05, 0) is 49.3 Å². The first kappa shape index (κ1) is 20.0. The predicted molar refractivity (Wildman–Crippen MR) is 113 cm³/mol. The van der Waals surface area contributed by atoms with Gasteiger partial charge in [-0.3, -0.25) is 14.0 Å². The average Bonchev–Trinajstić information content (AvgIpc) is 3.45. The lowest BCUT2D eigenvalue weighted by Crippen LogP contribution is -2.37. The van der Waals surface area contributed by atoms with Gasteiger partial charge in [0.15, 0.2) is 11.5 Å². The molecule has 1 aromatic carbocycles. The van der Waals surface area contributed by atoms with E-state index in [0.29, 0.717) is 31.1 Å². The van der Waals surface area contributed by atoms with Gasteiger partial charge >= 0.3 is 0 Å². The van der Waals surface area contributed by atoms with Gasteiger partial charge < -0.3 is 9.47 Å². The molecule has 3 unspecified atom stereocenters. The summed E-state index contributed by atoms with van der Waals surface area (Å²) >= 11 is 1.98. The van der Waals surface area contributed by atoms with E-state index in [0.717, 1.165) is 43.9 Å². The number of ketones is 1. The second-order valence-electron chi connectivity index (χ2n) is 8.31. The fourth-order valence-electron chi connectivity index (χ4n) is 4.44. The van der Waals surface area contributed by atoms with E-state index in [4.69, 9.17) is 9.47 Å². The predicted octanol–water partition coefficient (Wildman–Crippen LogP) is 3.93. The van der Waals surface area contributed by atoms with Crippen molar-refractivity contribution >= 4 is 17.7 Å². The Morgan fingerprint density at radius 1 is 1.32 bits per heavy atom. The van der Waals surface area contributed by atoms with Crippen LogP contribution in [0.5, 0.6) is 11.5 Å². The molecule has 0 spiro atoms. The fourth-order valence-corrected chi connectivity index (χ4v) is 5.45. The highest BCUT2D eigenvalue weighted by atomic mass is 32.2. The number of hydrogen-bond donors (Lipinski definition) is 0. The van der Waals surface area contributed by atoms with Crippen molar-refractivity contribution in [3.63, 3.8) is 0 Å². The molecule has 0 aliphatic carbocycles. The normalized spacial score (nSPS) is 26.1. The largest absolute Gasteiger partial charge is 0.454 e. The summed E-state index contributed by atoms with van der Waals surface area (Å²) in [5.74, 6) is 3.94. The van der Waals surface area contributed by atoms with Crippen LogP contribution in [0.2, 0.25) is 0 Å². The van der Waals surface area contributed by atoms with Gasteiger partial charge in [-0.25, -0.2) is 0 Å². The summed E-state index contributed by atoms with van der Waals surface area (Å²) < 4.78 is 13.5. The number of likely N-dealkylation sites (tertiary alicyclic amines) is 1. The molecule has 0 amide bonds. The number of fused-ring (bicyclic) bond motifs is 1. The molecule has 3 aliphatic heterocycles. The minimum atomic E-state index is 0.152. The first-order valence-electron chi connectivity index (χ1n) is 10.7. The molecule has 28 heavy (non-hydrogen) atoms. The number of ether oxygens (including phenoxy) is 2. The van der Waals surface area contributed by atoms with E-state index < -0.39 is 0 Å². The van der Waals surface area contributed by atoms with Crippen LogP contribution in [-0.2, 0) is 4.79 Å². The Bertz CT molecular complexity index is 692. The van der Waals surface area contributed by atoms with Crippen LogP contribution in [0.3, 0.4) is 0 Å². The first-order valence-corrected chi connectivity index (χ1v) is 11.6. The topological polar surface area (TPSA) is 42.0 Å². The molecule has 3 heterocycles. The van der Waals surface area contributed by atoms with Gasteiger partial charge in [0.2, 0.25) is 6.79 Å². The molecule has 6 heteroatoms. The number of carbonyl (C=O) groups excluding carboxylic acids is 1. The van der Waals surface area contributed by atoms with Gasteiger partial charge in [0.05, 0.1) is 6.54 Å². The van der Waals surface area contributed by atoms with Gasteiger partial charge in [0, 0.05) is 37.3 Å². The fraction of sp³-hybridized carbons (Fsp3) is 0.682. The lowest BCUT2D eigenvalue weighted by molar-refractivity contribution is -0.123. The number of Topliss-reactive ketones (excluding diaryl/α,β-unsaturated/α-hetero) is 1. The van der Waals surface area contributed by atoms with Crippen molar-refractivity contribution in [2.45, 2.75) is 51.5 Å². The Morgan fingerprint density at radius 3 is 2.96 bits per heavy atom. The van der Waals surface area contributed by atoms with Crippen molar-refractivity contribution in [1.29, 1.82) is 0 Å². The minimum Gasteiger partial charge on any atom is -0.454 e. The molecular weight excluding hydrogens is 372 g/mol. The van der Waals surface area contributed by atoms with Crippen LogP contribution in [0, 0.1) is 5.92 Å². The molecule has 0 aromatic heterocycles. The zero-order chi connectivity index (χ0) is 19.5. The smallest absolute Gasteiger partial charge is 0.231 e. The molecule has 2 saturated heterocycles. The zero-order valence-corrected chi connectivity index (χ0v) is 17.9. The number of hydrogen-bond acceptors (Lipinski definition) is 6. The summed E-state index contributed by atoms with van der Waals surface area (Å²) in [5, 5.41) is 0. The van der Waals surface area contributed by atoms with Gasteiger partial charge in [-0.2, -0.15) is 0 Å². The molecule has 0 N–H and O–H groups in total. The Balaban J connectivity index is 1.44. The maximum atomic E-state index is 12.6. The summed E-state index contributed by atoms with van der Waals surface area (Å²) in [6.07, 6.45) is 4.48. The highest BCUT2D eigenvalue weighted by molar-refractivity contribution is 7.97. The molecule has 3 aliphatic rings.